The van der Waals surface area contributed by atoms with Gasteiger partial charge in [-0.25, -0.2) is 21.6 Å². The molecule has 0 saturated carbocycles. The maximum atomic E-state index is 12.3. The Labute approximate surface area is 149 Å². The van der Waals surface area contributed by atoms with Crippen LogP contribution in [0, 0.1) is 5.92 Å². The molecule has 7 nitrogen and oxygen atoms in total. The highest BCUT2D eigenvalue weighted by molar-refractivity contribution is 7.92. The lowest BCUT2D eigenvalue weighted by atomic mass is 10.1. The molecule has 1 amide bonds. The summed E-state index contributed by atoms with van der Waals surface area (Å²) in [5, 5.41) is 2.73. The highest BCUT2D eigenvalue weighted by atomic mass is 32.2. The summed E-state index contributed by atoms with van der Waals surface area (Å²) in [6.07, 6.45) is 1.48. The van der Waals surface area contributed by atoms with E-state index in [4.69, 9.17) is 0 Å². The Morgan fingerprint density at radius 1 is 1.24 bits per heavy atom. The predicted molar refractivity (Wildman–Crippen MR) is 96.5 cm³/mol. The fourth-order valence-electron chi connectivity index (χ4n) is 2.54. The van der Waals surface area contributed by atoms with Gasteiger partial charge >= 0.3 is 0 Å². The van der Waals surface area contributed by atoms with E-state index >= 15 is 0 Å². The van der Waals surface area contributed by atoms with Gasteiger partial charge in [0, 0.05) is 18.2 Å². The third-order valence-electron chi connectivity index (χ3n) is 3.95. The van der Waals surface area contributed by atoms with E-state index in [1.54, 1.807) is 0 Å². The second-order valence-corrected chi connectivity index (χ2v) is 10.7. The van der Waals surface area contributed by atoms with E-state index in [0.717, 1.165) is 6.42 Å². The Kier molecular flexibility index (Phi) is 6.23. The number of benzene rings is 1. The molecule has 2 rings (SSSR count). The summed E-state index contributed by atoms with van der Waals surface area (Å²) in [5.74, 6) is 0.153. The number of nitrogens with one attached hydrogen (secondary N) is 2. The summed E-state index contributed by atoms with van der Waals surface area (Å²) in [5.41, 5.74) is 0.524. The second-order valence-electron chi connectivity index (χ2n) is 6.73. The van der Waals surface area contributed by atoms with Crippen LogP contribution in [0.5, 0.6) is 0 Å². The normalized spacial score (nSPS) is 19.9. The van der Waals surface area contributed by atoms with Crippen molar-refractivity contribution < 1.29 is 21.6 Å². The number of hydrogen-bond donors (Lipinski definition) is 2. The minimum atomic E-state index is -3.79. The van der Waals surface area contributed by atoms with E-state index in [-0.39, 0.29) is 28.7 Å². The first kappa shape index (κ1) is 19.9. The van der Waals surface area contributed by atoms with E-state index in [0.29, 0.717) is 18.0 Å². The topological polar surface area (TPSA) is 109 Å². The van der Waals surface area contributed by atoms with E-state index in [2.05, 4.69) is 10.0 Å². The zero-order valence-corrected chi connectivity index (χ0v) is 16.0. The van der Waals surface area contributed by atoms with Gasteiger partial charge in [0.05, 0.1) is 16.4 Å². The Hall–Kier alpha value is -1.45. The van der Waals surface area contributed by atoms with Crippen LogP contribution in [0.25, 0.3) is 0 Å². The quantitative estimate of drug-likeness (QED) is 0.736. The summed E-state index contributed by atoms with van der Waals surface area (Å²) in [7, 11) is -6.94. The van der Waals surface area contributed by atoms with Gasteiger partial charge < -0.3 is 5.32 Å². The summed E-state index contributed by atoms with van der Waals surface area (Å²) in [4.78, 5) is 11.8. The second kappa shape index (κ2) is 7.84. The monoisotopic (exact) mass is 388 g/mol. The van der Waals surface area contributed by atoms with E-state index < -0.39 is 25.9 Å². The van der Waals surface area contributed by atoms with Crippen molar-refractivity contribution in [1.82, 2.24) is 4.72 Å². The Balaban J connectivity index is 1.97. The largest absolute Gasteiger partial charge is 0.326 e. The van der Waals surface area contributed by atoms with Crippen LogP contribution in [0.2, 0.25) is 0 Å². The maximum absolute atomic E-state index is 12.3. The Morgan fingerprint density at radius 2 is 1.88 bits per heavy atom. The zero-order valence-electron chi connectivity index (χ0n) is 14.4. The van der Waals surface area contributed by atoms with Gasteiger partial charge in [-0.2, -0.15) is 0 Å². The number of sulfone groups is 1. The molecular weight excluding hydrogens is 364 g/mol. The van der Waals surface area contributed by atoms with Gasteiger partial charge in [-0.3, -0.25) is 4.79 Å². The van der Waals surface area contributed by atoms with E-state index in [9.17, 15) is 21.6 Å². The van der Waals surface area contributed by atoms with Crippen molar-refractivity contribution in [2.24, 2.45) is 5.92 Å². The summed E-state index contributed by atoms with van der Waals surface area (Å²) in [6.45, 7) is 4.07. The molecule has 2 N–H and O–H groups in total. The predicted octanol–water partition coefficient (Wildman–Crippen LogP) is 1.53. The van der Waals surface area contributed by atoms with Crippen LogP contribution in [0.4, 0.5) is 5.69 Å². The molecule has 0 aromatic heterocycles. The first-order chi connectivity index (χ1) is 11.6. The molecule has 140 valence electrons. The van der Waals surface area contributed by atoms with Gasteiger partial charge in [-0.05, 0) is 43.0 Å². The SMILES string of the molecule is CC(C)CCC(=O)Nc1ccc(S(=O)(=O)N[C@H]2CCS(=O)(=O)C2)cc1. The number of anilines is 1. The first-order valence-electron chi connectivity index (χ1n) is 8.20. The molecule has 1 atom stereocenters. The molecule has 1 heterocycles. The molecule has 0 radical (unpaired) electrons. The molecule has 1 aromatic carbocycles. The van der Waals surface area contributed by atoms with Gasteiger partial charge in [0.15, 0.2) is 9.84 Å². The molecule has 9 heteroatoms. The van der Waals surface area contributed by atoms with Gasteiger partial charge in [0.2, 0.25) is 15.9 Å². The molecule has 25 heavy (non-hydrogen) atoms. The minimum Gasteiger partial charge on any atom is -0.326 e. The molecule has 1 fully saturated rings. The molecule has 1 aliphatic heterocycles. The van der Waals surface area contributed by atoms with Crippen LogP contribution < -0.4 is 10.0 Å². The molecule has 1 aliphatic rings. The number of sulfonamides is 1. The molecule has 0 unspecified atom stereocenters. The molecule has 0 aliphatic carbocycles. The van der Waals surface area contributed by atoms with Crippen LogP contribution in [0.15, 0.2) is 29.2 Å². The maximum Gasteiger partial charge on any atom is 0.240 e. The van der Waals surface area contributed by atoms with Crippen LogP contribution in [0.1, 0.15) is 33.1 Å². The zero-order chi connectivity index (χ0) is 18.7. The van der Waals surface area contributed by atoms with Gasteiger partial charge in [0.1, 0.15) is 0 Å². The fraction of sp³-hybridized carbons (Fsp3) is 0.562. The highest BCUT2D eigenvalue weighted by Gasteiger charge is 2.31. The summed E-state index contributed by atoms with van der Waals surface area (Å²) in [6, 6.07) is 5.24. The van der Waals surface area contributed by atoms with Crippen LogP contribution in [-0.4, -0.2) is 40.3 Å². The average Bonchev–Trinajstić information content (AvgIpc) is 2.84. The average molecular weight is 389 g/mol. The molecule has 0 bridgehead atoms. The lowest BCUT2D eigenvalue weighted by molar-refractivity contribution is -0.116. The van der Waals surface area contributed by atoms with Crippen molar-refractivity contribution in [1.29, 1.82) is 0 Å². The third kappa shape index (κ3) is 6.09. The van der Waals surface area contributed by atoms with Crippen molar-refractivity contribution in [2.75, 3.05) is 16.8 Å². The number of carbonyl (C=O) groups excluding carboxylic acids is 1. The van der Waals surface area contributed by atoms with E-state index in [1.165, 1.54) is 24.3 Å². The van der Waals surface area contributed by atoms with Crippen LogP contribution >= 0.6 is 0 Å². The van der Waals surface area contributed by atoms with Crippen LogP contribution in [-0.2, 0) is 24.7 Å². The fourth-order valence-corrected chi connectivity index (χ4v) is 5.59. The van der Waals surface area contributed by atoms with Crippen molar-refractivity contribution in [3.8, 4) is 0 Å². The first-order valence-corrected chi connectivity index (χ1v) is 11.5. The minimum absolute atomic E-state index is 0.00152. The van der Waals surface area contributed by atoms with Crippen LogP contribution in [0.3, 0.4) is 0 Å². The summed E-state index contributed by atoms with van der Waals surface area (Å²) < 4.78 is 49.9. The summed E-state index contributed by atoms with van der Waals surface area (Å²) >= 11 is 0. The van der Waals surface area contributed by atoms with Gasteiger partial charge in [-0.15, -0.1) is 0 Å². The standard InChI is InChI=1S/C16H24N2O5S2/c1-12(2)3-8-16(19)17-13-4-6-15(7-5-13)25(22,23)18-14-9-10-24(20,21)11-14/h4-7,12,14,18H,3,8-11H2,1-2H3,(H,17,19)/t14-/m0/s1. The van der Waals surface area contributed by atoms with Crippen molar-refractivity contribution >= 4 is 31.5 Å². The van der Waals surface area contributed by atoms with Crippen molar-refractivity contribution in [3.05, 3.63) is 24.3 Å². The number of rotatable bonds is 7. The van der Waals surface area contributed by atoms with Gasteiger partial charge in [-0.1, -0.05) is 13.8 Å². The van der Waals surface area contributed by atoms with Crippen molar-refractivity contribution in [3.63, 3.8) is 0 Å². The molecule has 0 spiro atoms. The Bertz CT molecular complexity index is 815. The van der Waals surface area contributed by atoms with Crippen molar-refractivity contribution in [2.45, 2.75) is 44.0 Å². The lowest BCUT2D eigenvalue weighted by Crippen LogP contribution is -2.35. The molecular formula is C16H24N2O5S2. The molecule has 1 aromatic rings. The Morgan fingerprint density at radius 3 is 2.40 bits per heavy atom. The van der Waals surface area contributed by atoms with Gasteiger partial charge in [0.25, 0.3) is 0 Å². The lowest BCUT2D eigenvalue weighted by Gasteiger charge is -2.12. The van der Waals surface area contributed by atoms with E-state index in [1.807, 2.05) is 13.8 Å². The third-order valence-corrected chi connectivity index (χ3v) is 7.26. The highest BCUT2D eigenvalue weighted by Crippen LogP contribution is 2.18. The number of carbonyl (C=O) groups is 1. The smallest absolute Gasteiger partial charge is 0.240 e. The molecule has 1 saturated heterocycles. The number of amides is 1. The number of hydrogen-bond acceptors (Lipinski definition) is 5.